The van der Waals surface area contributed by atoms with Gasteiger partial charge in [0.05, 0.1) is 17.3 Å². The van der Waals surface area contributed by atoms with E-state index in [0.29, 0.717) is 0 Å². The van der Waals surface area contributed by atoms with Gasteiger partial charge in [0.15, 0.2) is 0 Å². The van der Waals surface area contributed by atoms with Gasteiger partial charge in [-0.2, -0.15) is 0 Å². The van der Waals surface area contributed by atoms with Crippen molar-refractivity contribution >= 4 is 11.3 Å². The van der Waals surface area contributed by atoms with E-state index in [4.69, 9.17) is 9.72 Å². The van der Waals surface area contributed by atoms with Crippen molar-refractivity contribution < 1.29 is 4.74 Å². The van der Waals surface area contributed by atoms with Gasteiger partial charge in [0.1, 0.15) is 0 Å². The van der Waals surface area contributed by atoms with E-state index in [9.17, 15) is 0 Å². The van der Waals surface area contributed by atoms with Crippen molar-refractivity contribution in [1.82, 2.24) is 15.2 Å². The molecule has 1 aliphatic carbocycles. The van der Waals surface area contributed by atoms with E-state index in [2.05, 4.69) is 10.2 Å². The van der Waals surface area contributed by atoms with Crippen molar-refractivity contribution in [3.8, 4) is 0 Å². The number of hydrogen-bond donors (Lipinski definition) is 1. The zero-order valence-corrected chi connectivity index (χ0v) is 13.9. The van der Waals surface area contributed by atoms with Crippen molar-refractivity contribution in [2.45, 2.75) is 44.6 Å². The molecule has 2 fully saturated rings. The Morgan fingerprint density at radius 3 is 2.86 bits per heavy atom. The molecule has 21 heavy (non-hydrogen) atoms. The van der Waals surface area contributed by atoms with Crippen molar-refractivity contribution in [3.05, 3.63) is 15.6 Å². The van der Waals surface area contributed by atoms with Crippen LogP contribution in [0.5, 0.6) is 0 Å². The highest BCUT2D eigenvalue weighted by molar-refractivity contribution is 7.11. The van der Waals surface area contributed by atoms with Crippen molar-refractivity contribution in [3.63, 3.8) is 0 Å². The molecule has 1 saturated carbocycles. The van der Waals surface area contributed by atoms with Crippen LogP contribution in [0.25, 0.3) is 0 Å². The molecule has 0 atom stereocenters. The smallest absolute Gasteiger partial charge is 0.0944 e. The molecule has 0 aromatic carbocycles. The van der Waals surface area contributed by atoms with Crippen LogP contribution in [0.2, 0.25) is 0 Å². The Balaban J connectivity index is 1.53. The minimum Gasteiger partial charge on any atom is -0.383 e. The van der Waals surface area contributed by atoms with E-state index in [1.54, 1.807) is 7.11 Å². The fourth-order valence-electron chi connectivity index (χ4n) is 2.96. The summed E-state index contributed by atoms with van der Waals surface area (Å²) in [7, 11) is 1.75. The minimum atomic E-state index is 0.751. The standard InChI is InChI=1S/C16H27N3OS/c1-20-11-7-17-12-14-16(13-4-5-13)18-15(21-14)6-10-19-8-2-3-9-19/h13,17H,2-12H2,1H3. The number of nitrogens with zero attached hydrogens (tertiary/aromatic N) is 2. The second-order valence-electron chi connectivity index (χ2n) is 6.16. The molecule has 0 bridgehead atoms. The first kappa shape index (κ1) is 15.4. The molecule has 0 unspecified atom stereocenters. The maximum Gasteiger partial charge on any atom is 0.0944 e. The summed E-state index contributed by atoms with van der Waals surface area (Å²) in [6.45, 7) is 6.41. The molecule has 1 aliphatic heterocycles. The van der Waals surface area contributed by atoms with Crippen LogP contribution in [0.15, 0.2) is 0 Å². The van der Waals surface area contributed by atoms with E-state index in [1.165, 1.54) is 60.9 Å². The Morgan fingerprint density at radius 1 is 1.33 bits per heavy atom. The minimum absolute atomic E-state index is 0.751. The normalized spacial score (nSPS) is 19.5. The molecular formula is C16H27N3OS. The molecule has 0 radical (unpaired) electrons. The number of rotatable bonds is 9. The summed E-state index contributed by atoms with van der Waals surface area (Å²) < 4.78 is 5.09. The first-order valence-corrected chi connectivity index (χ1v) is 9.09. The molecule has 1 aromatic rings. The largest absolute Gasteiger partial charge is 0.383 e. The summed E-state index contributed by atoms with van der Waals surface area (Å²) in [4.78, 5) is 8.99. The summed E-state index contributed by atoms with van der Waals surface area (Å²) >= 11 is 1.93. The third-order valence-corrected chi connectivity index (χ3v) is 5.48. The SMILES string of the molecule is COCCNCc1sc(CCN2CCCC2)nc1C1CC1. The van der Waals surface area contributed by atoms with Crippen LogP contribution < -0.4 is 5.32 Å². The van der Waals surface area contributed by atoms with Crippen LogP contribution in [0.3, 0.4) is 0 Å². The summed E-state index contributed by atoms with van der Waals surface area (Å²) in [6.07, 6.45) is 6.54. The quantitative estimate of drug-likeness (QED) is 0.711. The van der Waals surface area contributed by atoms with Crippen LogP contribution in [-0.4, -0.2) is 49.8 Å². The number of methoxy groups -OCH3 is 1. The number of nitrogens with one attached hydrogen (secondary N) is 1. The summed E-state index contributed by atoms with van der Waals surface area (Å²) in [5.41, 5.74) is 1.39. The van der Waals surface area contributed by atoms with Crippen LogP contribution in [0.1, 0.15) is 47.2 Å². The maximum atomic E-state index is 5.09. The van der Waals surface area contributed by atoms with Gasteiger partial charge in [-0.3, -0.25) is 0 Å². The van der Waals surface area contributed by atoms with Gasteiger partial charge in [0.25, 0.3) is 0 Å². The van der Waals surface area contributed by atoms with Crippen molar-refractivity contribution in [2.24, 2.45) is 0 Å². The molecule has 4 nitrogen and oxygen atoms in total. The molecule has 118 valence electrons. The predicted octanol–water partition coefficient (Wildman–Crippen LogP) is 2.39. The monoisotopic (exact) mass is 309 g/mol. The lowest BCUT2D eigenvalue weighted by atomic mass is 10.2. The van der Waals surface area contributed by atoms with E-state index >= 15 is 0 Å². The van der Waals surface area contributed by atoms with Gasteiger partial charge in [-0.1, -0.05) is 0 Å². The molecule has 0 amide bonds. The van der Waals surface area contributed by atoms with Gasteiger partial charge in [-0.15, -0.1) is 11.3 Å². The number of aromatic nitrogens is 1. The fourth-order valence-corrected chi connectivity index (χ4v) is 4.07. The molecule has 1 aromatic heterocycles. The Morgan fingerprint density at radius 2 is 2.14 bits per heavy atom. The summed E-state index contributed by atoms with van der Waals surface area (Å²) in [5, 5.41) is 4.81. The Kier molecular flexibility index (Phi) is 5.63. The average molecular weight is 309 g/mol. The molecule has 2 aliphatic rings. The second-order valence-corrected chi connectivity index (χ2v) is 7.33. The molecule has 1 N–H and O–H groups in total. The summed E-state index contributed by atoms with van der Waals surface area (Å²) in [6, 6.07) is 0. The Bertz CT molecular complexity index is 439. The van der Waals surface area contributed by atoms with Gasteiger partial charge in [0, 0.05) is 44.0 Å². The lowest BCUT2D eigenvalue weighted by Crippen LogP contribution is -2.21. The van der Waals surface area contributed by atoms with Crippen molar-refractivity contribution in [1.29, 1.82) is 0 Å². The fraction of sp³-hybridized carbons (Fsp3) is 0.812. The lowest BCUT2D eigenvalue weighted by Gasteiger charge is -2.12. The zero-order chi connectivity index (χ0) is 14.5. The number of likely N-dealkylation sites (tertiary alicyclic amines) is 1. The van der Waals surface area contributed by atoms with Gasteiger partial charge >= 0.3 is 0 Å². The Hall–Kier alpha value is -0.490. The van der Waals surface area contributed by atoms with Crippen LogP contribution in [-0.2, 0) is 17.7 Å². The highest BCUT2D eigenvalue weighted by Gasteiger charge is 2.29. The average Bonchev–Trinajstić information content (AvgIpc) is 3.05. The van der Waals surface area contributed by atoms with Gasteiger partial charge in [0.2, 0.25) is 0 Å². The van der Waals surface area contributed by atoms with Crippen LogP contribution in [0.4, 0.5) is 0 Å². The van der Waals surface area contributed by atoms with E-state index in [-0.39, 0.29) is 0 Å². The molecule has 5 heteroatoms. The maximum absolute atomic E-state index is 5.09. The number of hydrogen-bond acceptors (Lipinski definition) is 5. The molecular weight excluding hydrogens is 282 g/mol. The molecule has 2 heterocycles. The van der Waals surface area contributed by atoms with Crippen LogP contribution in [0, 0.1) is 0 Å². The van der Waals surface area contributed by atoms with Gasteiger partial charge < -0.3 is 15.0 Å². The number of thiazole rings is 1. The lowest BCUT2D eigenvalue weighted by molar-refractivity contribution is 0.199. The topological polar surface area (TPSA) is 37.4 Å². The predicted molar refractivity (Wildman–Crippen MR) is 87.0 cm³/mol. The third-order valence-electron chi connectivity index (χ3n) is 4.35. The van der Waals surface area contributed by atoms with E-state index in [1.807, 2.05) is 11.3 Å². The second kappa shape index (κ2) is 7.68. The zero-order valence-electron chi connectivity index (χ0n) is 13.1. The van der Waals surface area contributed by atoms with Crippen LogP contribution >= 0.6 is 11.3 Å². The highest BCUT2D eigenvalue weighted by atomic mass is 32.1. The van der Waals surface area contributed by atoms with E-state index < -0.39 is 0 Å². The Labute approximate surface area is 131 Å². The third kappa shape index (κ3) is 4.49. The highest BCUT2D eigenvalue weighted by Crippen LogP contribution is 2.42. The van der Waals surface area contributed by atoms with E-state index in [0.717, 1.165) is 32.0 Å². The molecule has 0 spiro atoms. The van der Waals surface area contributed by atoms with Gasteiger partial charge in [-0.05, 0) is 38.8 Å². The molecule has 3 rings (SSSR count). The number of ether oxygens (including phenoxy) is 1. The molecule has 1 saturated heterocycles. The van der Waals surface area contributed by atoms with Gasteiger partial charge in [-0.25, -0.2) is 4.98 Å². The first-order valence-electron chi connectivity index (χ1n) is 8.27. The first-order chi connectivity index (χ1) is 10.4. The summed E-state index contributed by atoms with van der Waals surface area (Å²) in [5.74, 6) is 0.751. The van der Waals surface area contributed by atoms with Crippen molar-refractivity contribution in [2.75, 3.05) is 39.9 Å².